The van der Waals surface area contributed by atoms with Gasteiger partial charge in [0, 0.05) is 35.0 Å². The minimum atomic E-state index is -3.40. The number of hydrogen-bond acceptors (Lipinski definition) is 8. The van der Waals surface area contributed by atoms with Crippen molar-refractivity contribution in [2.24, 2.45) is 0 Å². The molecule has 0 saturated carbocycles. The summed E-state index contributed by atoms with van der Waals surface area (Å²) >= 11 is 0. The van der Waals surface area contributed by atoms with Gasteiger partial charge in [-0.1, -0.05) is 0 Å². The van der Waals surface area contributed by atoms with Crippen molar-refractivity contribution in [3.05, 3.63) is 0 Å². The molecule has 0 unspecified atom stereocenters. The van der Waals surface area contributed by atoms with Gasteiger partial charge in [0.15, 0.2) is 0 Å². The zero-order chi connectivity index (χ0) is 15.8. The topological polar surface area (TPSA) is 112 Å². The van der Waals surface area contributed by atoms with Crippen LogP contribution >= 0.6 is 15.2 Å². The molecule has 0 aromatic carbocycles. The van der Waals surface area contributed by atoms with Gasteiger partial charge in [0.2, 0.25) is 0 Å². The summed E-state index contributed by atoms with van der Waals surface area (Å²) in [5.41, 5.74) is 0. The van der Waals surface area contributed by atoms with Gasteiger partial charge < -0.3 is 23.2 Å². The van der Waals surface area contributed by atoms with Crippen LogP contribution in [0, 0.1) is 0 Å². The van der Waals surface area contributed by atoms with E-state index in [9.17, 15) is 13.9 Å². The van der Waals surface area contributed by atoms with Crippen LogP contribution in [0.15, 0.2) is 0 Å². The number of rotatable bonds is 11. The molecule has 0 heterocycles. The van der Waals surface area contributed by atoms with Gasteiger partial charge in [-0.25, -0.2) is 0 Å². The third-order valence-corrected chi connectivity index (χ3v) is 6.22. The van der Waals surface area contributed by atoms with Crippen molar-refractivity contribution in [1.29, 1.82) is 0 Å². The predicted octanol–water partition coefficient (Wildman–Crippen LogP) is 1.65. The van der Waals surface area contributed by atoms with Gasteiger partial charge in [-0.05, 0) is 0 Å². The van der Waals surface area contributed by atoms with Crippen molar-refractivity contribution >= 4 is 21.2 Å². The summed E-state index contributed by atoms with van der Waals surface area (Å²) in [6.45, 7) is 0.00273. The first-order valence-corrected chi connectivity index (χ1v) is 9.05. The van der Waals surface area contributed by atoms with Crippen molar-refractivity contribution in [1.82, 2.24) is 4.90 Å². The third kappa shape index (κ3) is 6.95. The minimum Gasteiger partial charge on any atom is -0.481 e. The van der Waals surface area contributed by atoms with Gasteiger partial charge in [0.05, 0.1) is 6.42 Å². The maximum absolute atomic E-state index is 12.1. The van der Waals surface area contributed by atoms with Gasteiger partial charge >= 0.3 is 21.2 Å². The Bertz CT molecular complexity index is 357. The van der Waals surface area contributed by atoms with E-state index in [4.69, 9.17) is 23.2 Å². The third-order valence-electron chi connectivity index (χ3n) is 2.50. The Morgan fingerprint density at radius 1 is 0.950 bits per heavy atom. The average molecular weight is 333 g/mol. The monoisotopic (exact) mass is 333 g/mol. The van der Waals surface area contributed by atoms with Crippen LogP contribution in [0.25, 0.3) is 0 Å². The molecule has 0 amide bonds. The first kappa shape index (κ1) is 19.7. The largest absolute Gasteiger partial charge is 0.481 e. The van der Waals surface area contributed by atoms with Gasteiger partial charge in [-0.15, -0.1) is 0 Å². The summed E-state index contributed by atoms with van der Waals surface area (Å²) in [4.78, 5) is 12.0. The molecule has 0 atom stereocenters. The predicted molar refractivity (Wildman–Crippen MR) is 71.9 cm³/mol. The molecule has 0 bridgehead atoms. The Balaban J connectivity index is 4.94. The Kier molecular flexibility index (Phi) is 8.77. The highest BCUT2D eigenvalue weighted by molar-refractivity contribution is 7.54. The average Bonchev–Trinajstić information content (AvgIpc) is 2.44. The highest BCUT2D eigenvalue weighted by Gasteiger charge is 2.31. The molecular weight excluding hydrogens is 312 g/mol. The van der Waals surface area contributed by atoms with Crippen LogP contribution < -0.4 is 0 Å². The zero-order valence-electron chi connectivity index (χ0n) is 12.0. The Hall–Kier alpha value is -0.270. The van der Waals surface area contributed by atoms with E-state index in [2.05, 4.69) is 0 Å². The summed E-state index contributed by atoms with van der Waals surface area (Å²) in [7, 11) is -1.95. The first-order chi connectivity index (χ1) is 9.24. The van der Waals surface area contributed by atoms with E-state index < -0.39 is 21.2 Å². The number of carbonyl (C=O) groups is 1. The van der Waals surface area contributed by atoms with Crippen LogP contribution in [-0.4, -0.2) is 63.5 Å². The molecule has 1 N–H and O–H groups in total. The summed E-state index contributed by atoms with van der Waals surface area (Å²) in [5, 5.41) is 8.70. The van der Waals surface area contributed by atoms with Crippen LogP contribution in [0.3, 0.4) is 0 Å². The minimum absolute atomic E-state index is 0.00273. The lowest BCUT2D eigenvalue weighted by atomic mass is 10.4. The maximum Gasteiger partial charge on any atom is 0.344 e. The molecule has 0 aromatic rings. The summed E-state index contributed by atoms with van der Waals surface area (Å²) in [6.07, 6.45) is -0.658. The van der Waals surface area contributed by atoms with E-state index in [1.807, 2.05) is 0 Å². The van der Waals surface area contributed by atoms with Gasteiger partial charge in [0.1, 0.15) is 12.6 Å². The summed E-state index contributed by atoms with van der Waals surface area (Å²) < 4.78 is 43.2. The van der Waals surface area contributed by atoms with Crippen LogP contribution in [-0.2, 0) is 32.0 Å². The highest BCUT2D eigenvalue weighted by Crippen LogP contribution is 2.51. The molecule has 0 fully saturated rings. The molecule has 0 rings (SSSR count). The number of carboxylic acids is 1. The SMILES string of the molecule is COP(=O)(CN(CCC(=O)O)CP(=O)(OC)OC)OC. The fraction of sp³-hybridized carbons (Fsp3) is 0.889. The number of hydrogen-bond donors (Lipinski definition) is 1. The van der Waals surface area contributed by atoms with Crippen molar-refractivity contribution < 1.29 is 37.1 Å². The molecule has 20 heavy (non-hydrogen) atoms. The van der Waals surface area contributed by atoms with Gasteiger partial charge in [0.25, 0.3) is 0 Å². The quantitative estimate of drug-likeness (QED) is 0.564. The summed E-state index contributed by atoms with van der Waals surface area (Å²) in [6, 6.07) is 0. The van der Waals surface area contributed by atoms with E-state index in [0.29, 0.717) is 0 Å². The molecule has 0 aliphatic rings. The number of aliphatic carboxylic acids is 1. The Morgan fingerprint density at radius 3 is 1.55 bits per heavy atom. The molecule has 0 radical (unpaired) electrons. The molecule has 0 aromatic heterocycles. The Morgan fingerprint density at radius 2 is 1.30 bits per heavy atom. The van der Waals surface area contributed by atoms with E-state index in [0.717, 1.165) is 0 Å². The second kappa shape index (κ2) is 8.89. The molecule has 0 aliphatic heterocycles. The lowest BCUT2D eigenvalue weighted by Gasteiger charge is -2.27. The fourth-order valence-electron chi connectivity index (χ4n) is 1.31. The molecule has 0 aliphatic carbocycles. The second-order valence-corrected chi connectivity index (χ2v) is 8.24. The zero-order valence-corrected chi connectivity index (χ0v) is 13.8. The molecule has 120 valence electrons. The van der Waals surface area contributed by atoms with E-state index in [1.165, 1.54) is 33.3 Å². The van der Waals surface area contributed by atoms with Gasteiger partial charge in [-0.3, -0.25) is 18.8 Å². The van der Waals surface area contributed by atoms with E-state index in [1.54, 1.807) is 0 Å². The summed E-state index contributed by atoms with van der Waals surface area (Å²) in [5.74, 6) is -1.04. The smallest absolute Gasteiger partial charge is 0.344 e. The van der Waals surface area contributed by atoms with Crippen LogP contribution in [0.4, 0.5) is 0 Å². The van der Waals surface area contributed by atoms with E-state index in [-0.39, 0.29) is 25.5 Å². The lowest BCUT2D eigenvalue weighted by Crippen LogP contribution is -2.29. The normalized spacial score (nSPS) is 12.8. The molecule has 0 spiro atoms. The Labute approximate surface area is 118 Å². The molecule has 9 nitrogen and oxygen atoms in total. The van der Waals surface area contributed by atoms with E-state index >= 15 is 0 Å². The molecular formula is C9H21NO8P2. The standard InChI is InChI=1S/C9H21NO8P2/c1-15-19(13,16-2)7-10(6-5-9(11)12)8-20(14,17-3)18-4/h5-8H2,1-4H3,(H,11,12). The van der Waals surface area contributed by atoms with Crippen molar-refractivity contribution in [2.75, 3.05) is 47.6 Å². The van der Waals surface area contributed by atoms with Crippen molar-refractivity contribution in [3.8, 4) is 0 Å². The van der Waals surface area contributed by atoms with Crippen molar-refractivity contribution in [3.63, 3.8) is 0 Å². The van der Waals surface area contributed by atoms with Gasteiger partial charge in [-0.2, -0.15) is 0 Å². The van der Waals surface area contributed by atoms with Crippen LogP contribution in [0.5, 0.6) is 0 Å². The maximum atomic E-state index is 12.1. The molecule has 0 saturated heterocycles. The number of nitrogens with zero attached hydrogens (tertiary/aromatic N) is 1. The lowest BCUT2D eigenvalue weighted by molar-refractivity contribution is -0.137. The first-order valence-electron chi connectivity index (χ1n) is 5.59. The number of carboxylic acid groups (broad SMARTS) is 1. The second-order valence-electron chi connectivity index (χ2n) is 3.77. The molecule has 11 heteroatoms. The van der Waals surface area contributed by atoms with Crippen LogP contribution in [0.2, 0.25) is 0 Å². The van der Waals surface area contributed by atoms with Crippen molar-refractivity contribution in [2.45, 2.75) is 6.42 Å². The highest BCUT2D eigenvalue weighted by atomic mass is 31.2. The van der Waals surface area contributed by atoms with Crippen LogP contribution in [0.1, 0.15) is 6.42 Å². The fourth-order valence-corrected chi connectivity index (χ4v) is 3.69.